The second-order valence-corrected chi connectivity index (χ2v) is 6.14. The Morgan fingerprint density at radius 2 is 2.08 bits per heavy atom. The lowest BCUT2D eigenvalue weighted by molar-refractivity contribution is 0.0673. The molecule has 1 aliphatic rings. The smallest absolute Gasteiger partial charge is 0.289 e. The number of hydrogen-bond acceptors (Lipinski definition) is 3. The summed E-state index contributed by atoms with van der Waals surface area (Å²) in [4.78, 5) is 14.3. The number of benzene rings is 1. The summed E-state index contributed by atoms with van der Waals surface area (Å²) < 4.78 is 5.24. The largest absolute Gasteiger partial charge is 0.459 e. The fourth-order valence-corrected chi connectivity index (χ4v) is 3.27. The van der Waals surface area contributed by atoms with Gasteiger partial charge in [-0.05, 0) is 31.0 Å². The number of aromatic nitrogens is 2. The summed E-state index contributed by atoms with van der Waals surface area (Å²) in [6.07, 6.45) is 3.57. The number of nitrogens with zero attached hydrogens (tertiary/aromatic N) is 2. The predicted octanol–water partition coefficient (Wildman–Crippen LogP) is 3.69. The Bertz CT molecular complexity index is 808. The molecule has 3 aromatic rings. The van der Waals surface area contributed by atoms with Crippen LogP contribution in [0.2, 0.25) is 0 Å². The molecule has 1 atom stereocenters. The Labute approximate surface area is 140 Å². The molecule has 2 aromatic heterocycles. The van der Waals surface area contributed by atoms with E-state index in [9.17, 15) is 4.79 Å². The van der Waals surface area contributed by atoms with Crippen molar-refractivity contribution in [3.63, 3.8) is 0 Å². The zero-order chi connectivity index (χ0) is 16.4. The highest BCUT2D eigenvalue weighted by atomic mass is 16.3. The van der Waals surface area contributed by atoms with Crippen LogP contribution in [0, 0.1) is 0 Å². The van der Waals surface area contributed by atoms with E-state index >= 15 is 0 Å². The van der Waals surface area contributed by atoms with Crippen molar-refractivity contribution in [2.24, 2.45) is 0 Å². The van der Waals surface area contributed by atoms with Crippen LogP contribution in [0.1, 0.15) is 35.0 Å². The highest BCUT2D eigenvalue weighted by molar-refractivity contribution is 5.91. The Morgan fingerprint density at radius 3 is 2.88 bits per heavy atom. The van der Waals surface area contributed by atoms with E-state index in [0.717, 1.165) is 36.3 Å². The van der Waals surface area contributed by atoms with Gasteiger partial charge in [0.2, 0.25) is 0 Å². The van der Waals surface area contributed by atoms with E-state index in [-0.39, 0.29) is 11.8 Å². The SMILES string of the molecule is O=C(c1ccco1)N1CCC[C@@H](c2cc(-c3ccccc3)n[nH]2)C1. The molecule has 1 N–H and O–H groups in total. The number of aromatic amines is 1. The summed E-state index contributed by atoms with van der Waals surface area (Å²) >= 11 is 0. The normalized spacial score (nSPS) is 17.8. The third-order valence-electron chi connectivity index (χ3n) is 4.55. The second-order valence-electron chi connectivity index (χ2n) is 6.14. The minimum absolute atomic E-state index is 0.0347. The maximum atomic E-state index is 12.5. The molecule has 0 bridgehead atoms. The van der Waals surface area contributed by atoms with Crippen molar-refractivity contribution in [2.45, 2.75) is 18.8 Å². The van der Waals surface area contributed by atoms with Crippen molar-refractivity contribution in [1.29, 1.82) is 0 Å². The number of rotatable bonds is 3. The average Bonchev–Trinajstić information content (AvgIpc) is 3.34. The fourth-order valence-electron chi connectivity index (χ4n) is 3.27. The van der Waals surface area contributed by atoms with Gasteiger partial charge in [-0.15, -0.1) is 0 Å². The summed E-state index contributed by atoms with van der Waals surface area (Å²) in [5.74, 6) is 0.653. The first-order chi connectivity index (χ1) is 11.8. The molecular formula is C19H19N3O2. The van der Waals surface area contributed by atoms with Crippen LogP contribution in [-0.4, -0.2) is 34.1 Å². The van der Waals surface area contributed by atoms with E-state index < -0.39 is 0 Å². The summed E-state index contributed by atoms with van der Waals surface area (Å²) in [6.45, 7) is 1.46. The van der Waals surface area contributed by atoms with Gasteiger partial charge in [0, 0.05) is 30.3 Å². The van der Waals surface area contributed by atoms with E-state index in [2.05, 4.69) is 16.3 Å². The standard InChI is InChI=1S/C19H19N3O2/c23-19(18-9-5-11-24-18)22-10-4-8-15(13-22)17-12-16(20-21-17)14-6-2-1-3-7-14/h1-3,5-7,9,11-12,15H,4,8,10,13H2,(H,20,21)/t15-/m1/s1. The van der Waals surface area contributed by atoms with Gasteiger partial charge in [0.15, 0.2) is 5.76 Å². The number of carbonyl (C=O) groups excluding carboxylic acids is 1. The third kappa shape index (κ3) is 2.85. The molecule has 122 valence electrons. The third-order valence-corrected chi connectivity index (χ3v) is 4.55. The molecule has 3 heterocycles. The van der Waals surface area contributed by atoms with Crippen LogP contribution in [0.4, 0.5) is 0 Å². The van der Waals surface area contributed by atoms with Gasteiger partial charge in [-0.2, -0.15) is 5.10 Å². The second kappa shape index (κ2) is 6.35. The van der Waals surface area contributed by atoms with E-state index in [4.69, 9.17) is 4.42 Å². The molecule has 0 spiro atoms. The molecule has 0 saturated carbocycles. The Balaban J connectivity index is 1.50. The molecule has 0 unspecified atom stereocenters. The van der Waals surface area contributed by atoms with Gasteiger partial charge >= 0.3 is 0 Å². The predicted molar refractivity (Wildman–Crippen MR) is 90.6 cm³/mol. The lowest BCUT2D eigenvalue weighted by Crippen LogP contribution is -2.39. The number of amides is 1. The van der Waals surface area contributed by atoms with Gasteiger partial charge in [0.1, 0.15) is 0 Å². The van der Waals surface area contributed by atoms with Gasteiger partial charge in [0.05, 0.1) is 12.0 Å². The quantitative estimate of drug-likeness (QED) is 0.800. The molecule has 5 nitrogen and oxygen atoms in total. The molecule has 1 fully saturated rings. The maximum absolute atomic E-state index is 12.5. The van der Waals surface area contributed by atoms with Gasteiger partial charge in [-0.3, -0.25) is 9.89 Å². The molecule has 0 radical (unpaired) electrons. The number of nitrogens with one attached hydrogen (secondary N) is 1. The molecular weight excluding hydrogens is 302 g/mol. The molecule has 1 aromatic carbocycles. The van der Waals surface area contributed by atoms with E-state index in [1.165, 1.54) is 6.26 Å². The van der Waals surface area contributed by atoms with Gasteiger partial charge in [-0.25, -0.2) is 0 Å². The van der Waals surface area contributed by atoms with Crippen molar-refractivity contribution >= 4 is 5.91 Å². The molecule has 5 heteroatoms. The van der Waals surface area contributed by atoms with E-state index in [1.54, 1.807) is 12.1 Å². The van der Waals surface area contributed by atoms with Crippen LogP contribution >= 0.6 is 0 Å². The van der Waals surface area contributed by atoms with Gasteiger partial charge < -0.3 is 9.32 Å². The minimum atomic E-state index is -0.0347. The van der Waals surface area contributed by atoms with Crippen molar-refractivity contribution in [2.75, 3.05) is 13.1 Å². The van der Waals surface area contributed by atoms with E-state index in [0.29, 0.717) is 12.3 Å². The van der Waals surface area contributed by atoms with Crippen LogP contribution in [0.25, 0.3) is 11.3 Å². The zero-order valence-electron chi connectivity index (χ0n) is 13.3. The first-order valence-electron chi connectivity index (χ1n) is 8.25. The van der Waals surface area contributed by atoms with Crippen LogP contribution in [0.3, 0.4) is 0 Å². The average molecular weight is 321 g/mol. The Hall–Kier alpha value is -2.82. The summed E-state index contributed by atoms with van der Waals surface area (Å²) in [5.41, 5.74) is 3.13. The maximum Gasteiger partial charge on any atom is 0.289 e. The summed E-state index contributed by atoms with van der Waals surface area (Å²) in [5, 5.41) is 7.59. The Kier molecular flexibility index (Phi) is 3.91. The van der Waals surface area contributed by atoms with E-state index in [1.807, 2.05) is 35.2 Å². The van der Waals surface area contributed by atoms with Gasteiger partial charge in [-0.1, -0.05) is 30.3 Å². The number of carbonyl (C=O) groups is 1. The monoisotopic (exact) mass is 321 g/mol. The molecule has 1 saturated heterocycles. The van der Waals surface area contributed by atoms with Gasteiger partial charge in [0.25, 0.3) is 5.91 Å². The first-order valence-corrected chi connectivity index (χ1v) is 8.25. The van der Waals surface area contributed by atoms with Crippen molar-refractivity contribution in [3.05, 3.63) is 66.2 Å². The molecule has 24 heavy (non-hydrogen) atoms. The fraction of sp³-hybridized carbons (Fsp3) is 0.263. The lowest BCUT2D eigenvalue weighted by atomic mass is 9.94. The number of likely N-dealkylation sites (tertiary alicyclic amines) is 1. The van der Waals surface area contributed by atoms with Crippen LogP contribution in [0.5, 0.6) is 0 Å². The molecule has 1 aliphatic heterocycles. The summed E-state index contributed by atoms with van der Waals surface area (Å²) in [6, 6.07) is 15.7. The Morgan fingerprint density at radius 1 is 1.21 bits per heavy atom. The number of furan rings is 1. The lowest BCUT2D eigenvalue weighted by Gasteiger charge is -2.31. The zero-order valence-corrected chi connectivity index (χ0v) is 13.3. The van der Waals surface area contributed by atoms with Crippen LogP contribution in [-0.2, 0) is 0 Å². The summed E-state index contributed by atoms with van der Waals surface area (Å²) in [7, 11) is 0. The van der Waals surface area contributed by atoms with Crippen LogP contribution < -0.4 is 0 Å². The highest BCUT2D eigenvalue weighted by Gasteiger charge is 2.27. The number of piperidine rings is 1. The number of hydrogen-bond donors (Lipinski definition) is 1. The van der Waals surface area contributed by atoms with Crippen molar-refractivity contribution < 1.29 is 9.21 Å². The minimum Gasteiger partial charge on any atom is -0.459 e. The van der Waals surface area contributed by atoms with Crippen LogP contribution in [0.15, 0.2) is 59.2 Å². The first kappa shape index (κ1) is 14.8. The molecule has 4 rings (SSSR count). The number of H-pyrrole nitrogens is 1. The molecule has 0 aliphatic carbocycles. The topological polar surface area (TPSA) is 62.1 Å². The highest BCUT2D eigenvalue weighted by Crippen LogP contribution is 2.29. The van der Waals surface area contributed by atoms with Crippen molar-refractivity contribution in [3.8, 4) is 11.3 Å². The molecule has 1 amide bonds. The van der Waals surface area contributed by atoms with Crippen molar-refractivity contribution in [1.82, 2.24) is 15.1 Å².